The molecule has 2 nitrogen and oxygen atoms in total. The Balaban J connectivity index is 2.13. The Hall–Kier alpha value is -0.580. The zero-order chi connectivity index (χ0) is 13.8. The van der Waals surface area contributed by atoms with Crippen LogP contribution in [0.2, 0.25) is 9.36 Å². The van der Waals surface area contributed by atoms with Crippen molar-refractivity contribution in [3.05, 3.63) is 56.2 Å². The lowest BCUT2D eigenvalue weighted by molar-refractivity contribution is 0.245. The highest BCUT2D eigenvalue weighted by atomic mass is 35.5. The van der Waals surface area contributed by atoms with E-state index in [1.165, 1.54) is 4.88 Å². The van der Waals surface area contributed by atoms with Crippen LogP contribution >= 0.6 is 34.5 Å². The van der Waals surface area contributed by atoms with Crippen molar-refractivity contribution in [1.29, 1.82) is 0 Å². The molecule has 0 amide bonds. The molecule has 2 rings (SSSR count). The number of nitrogens with zero attached hydrogens (tertiary/aromatic N) is 1. The molecule has 2 N–H and O–H groups in total. The minimum atomic E-state index is 0.161. The molecule has 2 aromatic rings. The van der Waals surface area contributed by atoms with Crippen LogP contribution in [-0.4, -0.2) is 18.5 Å². The second-order valence-electron chi connectivity index (χ2n) is 4.40. The van der Waals surface area contributed by atoms with Gasteiger partial charge in [-0.05, 0) is 30.8 Å². The first-order valence-corrected chi connectivity index (χ1v) is 7.58. The second kappa shape index (κ2) is 6.73. The van der Waals surface area contributed by atoms with Crippen molar-refractivity contribution >= 4 is 34.5 Å². The maximum Gasteiger partial charge on any atom is 0.0931 e. The van der Waals surface area contributed by atoms with Crippen LogP contribution in [0.3, 0.4) is 0 Å². The van der Waals surface area contributed by atoms with Gasteiger partial charge < -0.3 is 5.73 Å². The molecule has 0 fully saturated rings. The predicted octanol–water partition coefficient (Wildman–Crippen LogP) is 4.19. The Morgan fingerprint density at radius 3 is 2.53 bits per heavy atom. The van der Waals surface area contributed by atoms with Gasteiger partial charge in [-0.15, -0.1) is 11.3 Å². The van der Waals surface area contributed by atoms with E-state index in [0.717, 1.165) is 21.5 Å². The standard InChI is InChI=1S/C14H16Cl2N2S/c1-18(9-10-4-2-3-5-11(10)15)12(8-17)13-6-7-14(16)19-13/h2-7,12H,8-9,17H2,1H3. The van der Waals surface area contributed by atoms with Crippen LogP contribution in [0.5, 0.6) is 0 Å². The van der Waals surface area contributed by atoms with Gasteiger partial charge in [0.15, 0.2) is 0 Å². The quantitative estimate of drug-likeness (QED) is 0.896. The Kier molecular flexibility index (Phi) is 5.25. The third kappa shape index (κ3) is 3.71. The highest BCUT2D eigenvalue weighted by molar-refractivity contribution is 7.16. The summed E-state index contributed by atoms with van der Waals surface area (Å²) in [6.07, 6.45) is 0. The molecule has 0 bridgehead atoms. The predicted molar refractivity (Wildman–Crippen MR) is 84.0 cm³/mol. The van der Waals surface area contributed by atoms with E-state index in [1.54, 1.807) is 11.3 Å². The molecule has 0 radical (unpaired) electrons. The van der Waals surface area contributed by atoms with E-state index in [2.05, 4.69) is 11.9 Å². The van der Waals surface area contributed by atoms with Crippen molar-refractivity contribution in [3.8, 4) is 0 Å². The summed E-state index contributed by atoms with van der Waals surface area (Å²) in [5.41, 5.74) is 7.00. The van der Waals surface area contributed by atoms with E-state index < -0.39 is 0 Å². The number of hydrogen-bond acceptors (Lipinski definition) is 3. The molecule has 0 aliphatic heterocycles. The average Bonchev–Trinajstić information content (AvgIpc) is 2.80. The van der Waals surface area contributed by atoms with Crippen LogP contribution in [0.4, 0.5) is 0 Å². The Morgan fingerprint density at radius 2 is 1.95 bits per heavy atom. The molecule has 0 saturated carbocycles. The summed E-state index contributed by atoms with van der Waals surface area (Å²) in [7, 11) is 2.05. The van der Waals surface area contributed by atoms with E-state index in [9.17, 15) is 0 Å². The molecule has 1 aromatic carbocycles. The van der Waals surface area contributed by atoms with Crippen molar-refractivity contribution < 1.29 is 0 Å². The van der Waals surface area contributed by atoms with Crippen LogP contribution in [0.1, 0.15) is 16.5 Å². The molecule has 19 heavy (non-hydrogen) atoms. The lowest BCUT2D eigenvalue weighted by Gasteiger charge is -2.26. The third-order valence-electron chi connectivity index (χ3n) is 3.06. The van der Waals surface area contributed by atoms with E-state index in [1.807, 2.05) is 36.4 Å². The fraction of sp³-hybridized carbons (Fsp3) is 0.286. The molecule has 1 aromatic heterocycles. The summed E-state index contributed by atoms with van der Waals surface area (Å²) >= 11 is 13.8. The molecule has 102 valence electrons. The molecule has 0 aliphatic rings. The van der Waals surface area contributed by atoms with Gasteiger partial charge in [0, 0.05) is 23.0 Å². The largest absolute Gasteiger partial charge is 0.329 e. The molecule has 0 saturated heterocycles. The number of benzene rings is 1. The van der Waals surface area contributed by atoms with Crippen molar-refractivity contribution in [2.75, 3.05) is 13.6 Å². The van der Waals surface area contributed by atoms with Crippen molar-refractivity contribution in [3.63, 3.8) is 0 Å². The van der Waals surface area contributed by atoms with Gasteiger partial charge in [-0.25, -0.2) is 0 Å². The number of hydrogen-bond donors (Lipinski definition) is 1. The second-order valence-corrected chi connectivity index (χ2v) is 6.55. The van der Waals surface area contributed by atoms with Gasteiger partial charge in [-0.3, -0.25) is 4.90 Å². The summed E-state index contributed by atoms with van der Waals surface area (Å²) < 4.78 is 0.791. The summed E-state index contributed by atoms with van der Waals surface area (Å²) in [4.78, 5) is 3.38. The van der Waals surface area contributed by atoms with E-state index in [-0.39, 0.29) is 6.04 Å². The topological polar surface area (TPSA) is 29.3 Å². The number of thiophene rings is 1. The first-order chi connectivity index (χ1) is 9.11. The maximum atomic E-state index is 6.19. The number of nitrogens with two attached hydrogens (primary N) is 1. The summed E-state index contributed by atoms with van der Waals surface area (Å²) in [5, 5.41) is 0.786. The van der Waals surface area contributed by atoms with Gasteiger partial charge in [0.1, 0.15) is 0 Å². The minimum absolute atomic E-state index is 0.161. The van der Waals surface area contributed by atoms with E-state index >= 15 is 0 Å². The average molecular weight is 315 g/mol. The van der Waals surface area contributed by atoms with Crippen molar-refractivity contribution in [2.24, 2.45) is 5.73 Å². The summed E-state index contributed by atoms with van der Waals surface area (Å²) in [6.45, 7) is 1.31. The zero-order valence-electron chi connectivity index (χ0n) is 10.6. The van der Waals surface area contributed by atoms with Crippen molar-refractivity contribution in [1.82, 2.24) is 4.90 Å². The van der Waals surface area contributed by atoms with Gasteiger partial charge in [0.25, 0.3) is 0 Å². The molecular weight excluding hydrogens is 299 g/mol. The fourth-order valence-corrected chi connectivity index (χ4v) is 3.46. The highest BCUT2D eigenvalue weighted by Gasteiger charge is 2.18. The van der Waals surface area contributed by atoms with Crippen LogP contribution in [0.25, 0.3) is 0 Å². The van der Waals surface area contributed by atoms with Gasteiger partial charge in [-0.2, -0.15) is 0 Å². The van der Waals surface area contributed by atoms with E-state index in [4.69, 9.17) is 28.9 Å². The van der Waals surface area contributed by atoms with Gasteiger partial charge in [-0.1, -0.05) is 41.4 Å². The van der Waals surface area contributed by atoms with Crippen LogP contribution in [0.15, 0.2) is 36.4 Å². The van der Waals surface area contributed by atoms with Crippen LogP contribution in [-0.2, 0) is 6.54 Å². The van der Waals surface area contributed by atoms with Gasteiger partial charge in [0.2, 0.25) is 0 Å². The highest BCUT2D eigenvalue weighted by Crippen LogP contribution is 2.30. The molecular formula is C14H16Cl2N2S. The maximum absolute atomic E-state index is 6.19. The normalized spacial score (nSPS) is 12.9. The molecule has 5 heteroatoms. The number of halogens is 2. The molecule has 0 spiro atoms. The van der Waals surface area contributed by atoms with Crippen LogP contribution in [0, 0.1) is 0 Å². The SMILES string of the molecule is CN(Cc1ccccc1Cl)C(CN)c1ccc(Cl)s1. The van der Waals surface area contributed by atoms with Crippen molar-refractivity contribution in [2.45, 2.75) is 12.6 Å². The van der Waals surface area contributed by atoms with Gasteiger partial charge in [0.05, 0.1) is 10.4 Å². The minimum Gasteiger partial charge on any atom is -0.329 e. The Morgan fingerprint density at radius 1 is 1.21 bits per heavy atom. The first kappa shape index (κ1) is 14.8. The first-order valence-electron chi connectivity index (χ1n) is 6.00. The smallest absolute Gasteiger partial charge is 0.0931 e. The molecule has 1 heterocycles. The van der Waals surface area contributed by atoms with Crippen LogP contribution < -0.4 is 5.73 Å². The molecule has 1 unspecified atom stereocenters. The fourth-order valence-electron chi connectivity index (χ4n) is 2.03. The lowest BCUT2D eigenvalue weighted by atomic mass is 10.1. The zero-order valence-corrected chi connectivity index (χ0v) is 13.0. The number of rotatable bonds is 5. The monoisotopic (exact) mass is 314 g/mol. The Labute approximate surface area is 127 Å². The number of likely N-dealkylation sites (N-methyl/N-ethyl adjacent to an activating group) is 1. The summed E-state index contributed by atoms with van der Waals surface area (Å²) in [5.74, 6) is 0. The molecule has 1 atom stereocenters. The summed E-state index contributed by atoms with van der Waals surface area (Å²) in [6, 6.07) is 12.0. The Bertz CT molecular complexity index is 542. The third-order valence-corrected chi connectivity index (χ3v) is 4.76. The lowest BCUT2D eigenvalue weighted by Crippen LogP contribution is -2.29. The molecule has 0 aliphatic carbocycles. The van der Waals surface area contributed by atoms with Gasteiger partial charge >= 0.3 is 0 Å². The van der Waals surface area contributed by atoms with E-state index in [0.29, 0.717) is 6.54 Å².